The molecule has 162 valence electrons. The molecule has 0 fully saturated rings. The predicted molar refractivity (Wildman–Crippen MR) is 117 cm³/mol. The van der Waals surface area contributed by atoms with Crippen molar-refractivity contribution in [2.45, 2.75) is 33.1 Å². The number of aliphatic hydroxyl groups excluding tert-OH is 2. The lowest BCUT2D eigenvalue weighted by Crippen LogP contribution is -2.43. The SMILES string of the molecule is C=C1O[C@H](c2cccc(OC)c2OC)c2cc(C)ccc2N(CC(C)(C)CO)C1O. The molecular weight excluding hydrogens is 382 g/mol. The second kappa shape index (κ2) is 8.58. The molecule has 6 heteroatoms. The number of hydrogen-bond acceptors (Lipinski definition) is 6. The lowest BCUT2D eigenvalue weighted by atomic mass is 9.92. The van der Waals surface area contributed by atoms with Crippen LogP contribution in [0.3, 0.4) is 0 Å². The van der Waals surface area contributed by atoms with Crippen LogP contribution in [0.15, 0.2) is 48.7 Å². The monoisotopic (exact) mass is 413 g/mol. The maximum absolute atomic E-state index is 11.0. The third-order valence-electron chi connectivity index (χ3n) is 5.37. The van der Waals surface area contributed by atoms with E-state index >= 15 is 0 Å². The molecule has 1 heterocycles. The highest BCUT2D eigenvalue weighted by atomic mass is 16.5. The van der Waals surface area contributed by atoms with Crippen LogP contribution in [0.25, 0.3) is 0 Å². The first-order valence-corrected chi connectivity index (χ1v) is 9.95. The molecule has 0 saturated heterocycles. The van der Waals surface area contributed by atoms with Crippen molar-refractivity contribution in [2.75, 3.05) is 32.3 Å². The van der Waals surface area contributed by atoms with E-state index in [4.69, 9.17) is 14.2 Å². The summed E-state index contributed by atoms with van der Waals surface area (Å²) < 4.78 is 17.3. The minimum Gasteiger partial charge on any atom is -0.493 e. The van der Waals surface area contributed by atoms with Crippen LogP contribution >= 0.6 is 0 Å². The standard InChI is InChI=1S/C24H31NO5/c1-15-10-11-19-18(12-15)21(17-8-7-9-20(28-5)22(17)29-6)30-16(2)23(27)25(19)13-24(3,4)14-26/h7-12,21,23,26-27H,2,13-14H2,1,3-6H3/t21-,23?/m1/s1. The first-order valence-electron chi connectivity index (χ1n) is 9.95. The molecule has 0 saturated carbocycles. The van der Waals surface area contributed by atoms with Gasteiger partial charge in [-0.3, -0.25) is 0 Å². The summed E-state index contributed by atoms with van der Waals surface area (Å²) in [5.74, 6) is 1.40. The molecule has 1 aliphatic rings. The number of ether oxygens (including phenoxy) is 3. The topological polar surface area (TPSA) is 71.4 Å². The summed E-state index contributed by atoms with van der Waals surface area (Å²) in [6, 6.07) is 11.7. The molecule has 30 heavy (non-hydrogen) atoms. The first kappa shape index (κ1) is 22.0. The summed E-state index contributed by atoms with van der Waals surface area (Å²) >= 11 is 0. The zero-order valence-electron chi connectivity index (χ0n) is 18.3. The van der Waals surface area contributed by atoms with Crippen LogP contribution in [-0.4, -0.2) is 43.8 Å². The molecule has 2 aromatic rings. The molecule has 0 aliphatic carbocycles. The van der Waals surface area contributed by atoms with Gasteiger partial charge in [0.15, 0.2) is 23.8 Å². The Balaban J connectivity index is 2.22. The van der Waals surface area contributed by atoms with E-state index in [1.54, 1.807) is 14.2 Å². The maximum Gasteiger partial charge on any atom is 0.185 e. The van der Waals surface area contributed by atoms with E-state index in [9.17, 15) is 10.2 Å². The molecule has 0 radical (unpaired) electrons. The Labute approximate surface area is 178 Å². The van der Waals surface area contributed by atoms with Gasteiger partial charge in [0.1, 0.15) is 5.76 Å². The van der Waals surface area contributed by atoms with Crippen molar-refractivity contribution in [2.24, 2.45) is 5.41 Å². The fourth-order valence-electron chi connectivity index (χ4n) is 3.76. The second-order valence-electron chi connectivity index (χ2n) is 8.43. The van der Waals surface area contributed by atoms with E-state index in [0.717, 1.165) is 22.4 Å². The molecule has 0 aromatic heterocycles. The van der Waals surface area contributed by atoms with Gasteiger partial charge in [0.25, 0.3) is 0 Å². The number of aryl methyl sites for hydroxylation is 1. The van der Waals surface area contributed by atoms with Crippen molar-refractivity contribution in [3.8, 4) is 11.5 Å². The second-order valence-corrected chi connectivity index (χ2v) is 8.43. The first-order chi connectivity index (χ1) is 14.2. The van der Waals surface area contributed by atoms with E-state index < -0.39 is 17.7 Å². The Morgan fingerprint density at radius 1 is 1.13 bits per heavy atom. The highest BCUT2D eigenvalue weighted by Gasteiger charge is 2.36. The fraction of sp³-hybridized carbons (Fsp3) is 0.417. The zero-order chi connectivity index (χ0) is 22.1. The number of anilines is 1. The summed E-state index contributed by atoms with van der Waals surface area (Å²) in [6.45, 7) is 10.3. The van der Waals surface area contributed by atoms with Crippen molar-refractivity contribution in [3.05, 3.63) is 65.4 Å². The Morgan fingerprint density at radius 3 is 2.50 bits per heavy atom. The number of benzene rings is 2. The van der Waals surface area contributed by atoms with Crippen LogP contribution in [0.2, 0.25) is 0 Å². The third kappa shape index (κ3) is 4.11. The van der Waals surface area contributed by atoms with E-state index in [2.05, 4.69) is 6.58 Å². The van der Waals surface area contributed by atoms with E-state index in [-0.39, 0.29) is 12.4 Å². The number of methoxy groups -OCH3 is 2. The largest absolute Gasteiger partial charge is 0.493 e. The van der Waals surface area contributed by atoms with Crippen molar-refractivity contribution < 1.29 is 24.4 Å². The quantitative estimate of drug-likeness (QED) is 0.751. The fourth-order valence-corrected chi connectivity index (χ4v) is 3.76. The molecule has 1 aliphatic heterocycles. The van der Waals surface area contributed by atoms with Crippen molar-refractivity contribution >= 4 is 5.69 Å². The van der Waals surface area contributed by atoms with Gasteiger partial charge < -0.3 is 29.3 Å². The van der Waals surface area contributed by atoms with Gasteiger partial charge in [0.05, 0.1) is 14.2 Å². The Hall–Kier alpha value is -2.70. The van der Waals surface area contributed by atoms with Crippen LogP contribution in [0.1, 0.15) is 36.6 Å². The van der Waals surface area contributed by atoms with Gasteiger partial charge in [-0.2, -0.15) is 0 Å². The number of para-hydroxylation sites is 1. The van der Waals surface area contributed by atoms with Crippen molar-refractivity contribution in [3.63, 3.8) is 0 Å². The van der Waals surface area contributed by atoms with Crippen LogP contribution in [-0.2, 0) is 4.74 Å². The molecule has 6 nitrogen and oxygen atoms in total. The van der Waals surface area contributed by atoms with Gasteiger partial charge in [-0.15, -0.1) is 0 Å². The van der Waals surface area contributed by atoms with Crippen molar-refractivity contribution in [1.82, 2.24) is 0 Å². The highest BCUT2D eigenvalue weighted by molar-refractivity contribution is 5.62. The summed E-state index contributed by atoms with van der Waals surface area (Å²) in [5, 5.41) is 20.9. The van der Waals surface area contributed by atoms with Gasteiger partial charge in [0.2, 0.25) is 0 Å². The van der Waals surface area contributed by atoms with Gasteiger partial charge in [-0.1, -0.05) is 44.2 Å². The Bertz CT molecular complexity index is 924. The number of aliphatic hydroxyl groups is 2. The lowest BCUT2D eigenvalue weighted by molar-refractivity contribution is 0.0699. The average molecular weight is 414 g/mol. The molecule has 2 atom stereocenters. The number of hydrogen-bond donors (Lipinski definition) is 2. The van der Waals surface area contributed by atoms with Crippen molar-refractivity contribution in [1.29, 1.82) is 0 Å². The maximum atomic E-state index is 11.0. The van der Waals surface area contributed by atoms with Gasteiger partial charge >= 0.3 is 0 Å². The predicted octanol–water partition coefficient (Wildman–Crippen LogP) is 3.79. The number of nitrogens with zero attached hydrogens (tertiary/aromatic N) is 1. The van der Waals surface area contributed by atoms with Crippen LogP contribution in [0.4, 0.5) is 5.69 Å². The summed E-state index contributed by atoms with van der Waals surface area (Å²) in [6.07, 6.45) is -1.60. The molecule has 0 spiro atoms. The van der Waals surface area contributed by atoms with Crippen LogP contribution < -0.4 is 14.4 Å². The molecule has 0 amide bonds. The molecule has 1 unspecified atom stereocenters. The average Bonchev–Trinajstić information content (AvgIpc) is 2.83. The molecule has 2 N–H and O–H groups in total. The Morgan fingerprint density at radius 2 is 1.87 bits per heavy atom. The number of fused-ring (bicyclic) bond motifs is 1. The Kier molecular flexibility index (Phi) is 6.29. The van der Waals surface area contributed by atoms with Gasteiger partial charge in [-0.05, 0) is 25.1 Å². The minimum atomic E-state index is -1.06. The number of rotatable bonds is 6. The zero-order valence-corrected chi connectivity index (χ0v) is 18.3. The molecule has 2 aromatic carbocycles. The molecule has 0 bridgehead atoms. The van der Waals surface area contributed by atoms with Crippen LogP contribution in [0, 0.1) is 12.3 Å². The molecular formula is C24H31NO5. The van der Waals surface area contributed by atoms with E-state index in [1.807, 2.05) is 62.1 Å². The van der Waals surface area contributed by atoms with Gasteiger partial charge in [-0.25, -0.2) is 0 Å². The smallest absolute Gasteiger partial charge is 0.185 e. The molecule has 3 rings (SSSR count). The van der Waals surface area contributed by atoms with E-state index in [1.165, 1.54) is 0 Å². The van der Waals surface area contributed by atoms with Gasteiger partial charge in [0, 0.05) is 35.4 Å². The van der Waals surface area contributed by atoms with E-state index in [0.29, 0.717) is 18.0 Å². The summed E-state index contributed by atoms with van der Waals surface area (Å²) in [7, 11) is 3.18. The normalized spacial score (nSPS) is 19.0. The lowest BCUT2D eigenvalue weighted by Gasteiger charge is -2.35. The van der Waals surface area contributed by atoms with Crippen LogP contribution in [0.5, 0.6) is 11.5 Å². The summed E-state index contributed by atoms with van der Waals surface area (Å²) in [4.78, 5) is 1.83. The summed E-state index contributed by atoms with van der Waals surface area (Å²) in [5.41, 5.74) is 3.11. The highest BCUT2D eigenvalue weighted by Crippen LogP contribution is 2.45. The third-order valence-corrected chi connectivity index (χ3v) is 5.37. The minimum absolute atomic E-state index is 0.0160.